The third-order valence-electron chi connectivity index (χ3n) is 1.49. The third-order valence-corrected chi connectivity index (χ3v) is 1.92. The van der Waals surface area contributed by atoms with Gasteiger partial charge in [-0.25, -0.2) is 0 Å². The lowest BCUT2D eigenvalue weighted by Gasteiger charge is -2.01. The summed E-state index contributed by atoms with van der Waals surface area (Å²) in [6.07, 6.45) is 1.29. The Morgan fingerprint density at radius 3 is 2.13 bits per heavy atom. The molecule has 1 N–H and O–H groups in total. The Hall–Kier alpha value is -1.68. The summed E-state index contributed by atoms with van der Waals surface area (Å²) >= 11 is 11.5. The molecule has 0 amide bonds. The molecule has 0 saturated carbocycles. The van der Waals surface area contributed by atoms with Crippen LogP contribution in [0.3, 0.4) is 0 Å². The first-order valence-corrected chi connectivity index (χ1v) is 4.64. The van der Waals surface area contributed by atoms with Crippen LogP contribution in [0.15, 0.2) is 30.0 Å². The van der Waals surface area contributed by atoms with Crippen molar-refractivity contribution in [1.29, 1.82) is 10.5 Å². The molecule has 0 aromatic heterocycles. The largest absolute Gasteiger partial charge is 0.360 e. The van der Waals surface area contributed by atoms with Crippen molar-refractivity contribution < 1.29 is 0 Å². The van der Waals surface area contributed by atoms with Crippen molar-refractivity contribution in [2.24, 2.45) is 0 Å². The fourth-order valence-electron chi connectivity index (χ4n) is 0.882. The molecule has 0 aliphatic rings. The highest BCUT2D eigenvalue weighted by Crippen LogP contribution is 2.22. The van der Waals surface area contributed by atoms with Crippen LogP contribution in [0.2, 0.25) is 10.0 Å². The lowest BCUT2D eigenvalue weighted by molar-refractivity contribution is 1.44. The molecule has 1 aromatic carbocycles. The highest BCUT2D eigenvalue weighted by molar-refractivity contribution is 6.35. The van der Waals surface area contributed by atoms with Gasteiger partial charge in [-0.2, -0.15) is 10.5 Å². The lowest BCUT2D eigenvalue weighted by Crippen LogP contribution is -1.89. The van der Waals surface area contributed by atoms with Gasteiger partial charge in [-0.1, -0.05) is 23.2 Å². The van der Waals surface area contributed by atoms with Crippen molar-refractivity contribution >= 4 is 28.9 Å². The van der Waals surface area contributed by atoms with Gasteiger partial charge in [-0.3, -0.25) is 0 Å². The van der Waals surface area contributed by atoms with E-state index in [1.54, 1.807) is 30.3 Å². The Morgan fingerprint density at radius 2 is 1.67 bits per heavy atom. The molecule has 1 rings (SSSR count). The first-order valence-electron chi connectivity index (χ1n) is 3.88. The Morgan fingerprint density at radius 1 is 1.13 bits per heavy atom. The molecule has 0 heterocycles. The maximum atomic E-state index is 8.48. The van der Waals surface area contributed by atoms with Crippen LogP contribution in [-0.4, -0.2) is 0 Å². The van der Waals surface area contributed by atoms with Gasteiger partial charge in [0, 0.05) is 21.9 Å². The van der Waals surface area contributed by atoms with Crippen LogP contribution < -0.4 is 5.32 Å². The number of allylic oxidation sites excluding steroid dienone is 1. The minimum atomic E-state index is -0.0221. The second-order valence-electron chi connectivity index (χ2n) is 2.58. The molecule has 15 heavy (non-hydrogen) atoms. The zero-order chi connectivity index (χ0) is 11.3. The second kappa shape index (κ2) is 5.26. The minimum absolute atomic E-state index is 0.0221. The van der Waals surface area contributed by atoms with Gasteiger partial charge < -0.3 is 5.32 Å². The molecule has 1 aromatic rings. The predicted molar refractivity (Wildman–Crippen MR) is 59.4 cm³/mol. The summed E-state index contributed by atoms with van der Waals surface area (Å²) in [5, 5.41) is 20.7. The van der Waals surface area contributed by atoms with Crippen LogP contribution in [0.4, 0.5) is 5.69 Å². The van der Waals surface area contributed by atoms with Gasteiger partial charge in [0.1, 0.15) is 17.7 Å². The van der Waals surface area contributed by atoms with Crippen molar-refractivity contribution in [1.82, 2.24) is 0 Å². The molecule has 0 radical (unpaired) electrons. The molecule has 5 heteroatoms. The van der Waals surface area contributed by atoms with E-state index in [1.165, 1.54) is 6.20 Å². The normalized spacial score (nSPS) is 8.53. The fraction of sp³-hybridized carbons (Fsp3) is 0. The molecule has 0 atom stereocenters. The van der Waals surface area contributed by atoms with E-state index in [1.807, 2.05) is 0 Å². The zero-order valence-corrected chi connectivity index (χ0v) is 8.97. The Kier molecular flexibility index (Phi) is 4.00. The van der Waals surface area contributed by atoms with Crippen LogP contribution in [0, 0.1) is 22.7 Å². The third kappa shape index (κ3) is 3.52. The smallest absolute Gasteiger partial charge is 0.145 e. The predicted octanol–water partition coefficient (Wildman–Crippen LogP) is 3.34. The molecule has 0 aliphatic heterocycles. The van der Waals surface area contributed by atoms with Crippen molar-refractivity contribution in [3.05, 3.63) is 40.0 Å². The Balaban J connectivity index is 2.88. The van der Waals surface area contributed by atoms with E-state index in [4.69, 9.17) is 33.7 Å². The number of hydrogen-bond donors (Lipinski definition) is 1. The SMILES string of the molecule is N#CC(C#N)=CNc1cc(Cl)cc(Cl)c1. The van der Waals surface area contributed by atoms with Crippen LogP contribution in [0.5, 0.6) is 0 Å². The number of halogens is 2. The molecule has 0 bridgehead atoms. The highest BCUT2D eigenvalue weighted by Gasteiger charge is 1.97. The Bertz CT molecular complexity index is 444. The summed E-state index contributed by atoms with van der Waals surface area (Å²) in [6.45, 7) is 0. The van der Waals surface area contributed by atoms with Gasteiger partial charge in [0.05, 0.1) is 0 Å². The lowest BCUT2D eigenvalue weighted by atomic mass is 10.3. The Labute approximate surface area is 97.1 Å². The van der Waals surface area contributed by atoms with Crippen molar-refractivity contribution in [3.8, 4) is 12.1 Å². The van der Waals surface area contributed by atoms with Gasteiger partial charge >= 0.3 is 0 Å². The molecule has 0 saturated heterocycles. The first kappa shape index (κ1) is 11.4. The van der Waals surface area contributed by atoms with Crippen LogP contribution in [-0.2, 0) is 0 Å². The quantitative estimate of drug-likeness (QED) is 0.803. The van der Waals surface area contributed by atoms with E-state index in [0.717, 1.165) is 0 Å². The molecule has 0 unspecified atom stereocenters. The number of nitrogens with zero attached hydrogens (tertiary/aromatic N) is 2. The summed E-state index contributed by atoms with van der Waals surface area (Å²) in [5.41, 5.74) is 0.599. The molecule has 0 spiro atoms. The molecule has 0 aliphatic carbocycles. The van der Waals surface area contributed by atoms with E-state index in [9.17, 15) is 0 Å². The number of anilines is 1. The van der Waals surface area contributed by atoms with Gasteiger partial charge in [0.15, 0.2) is 0 Å². The summed E-state index contributed by atoms with van der Waals surface area (Å²) in [4.78, 5) is 0. The number of rotatable bonds is 2. The minimum Gasteiger partial charge on any atom is -0.360 e. The topological polar surface area (TPSA) is 59.6 Å². The first-order chi connectivity index (χ1) is 7.15. The summed E-state index contributed by atoms with van der Waals surface area (Å²) in [6, 6.07) is 8.31. The van der Waals surface area contributed by atoms with Crippen molar-refractivity contribution in [2.75, 3.05) is 5.32 Å². The summed E-state index contributed by atoms with van der Waals surface area (Å²) in [7, 11) is 0. The van der Waals surface area contributed by atoms with Crippen molar-refractivity contribution in [3.63, 3.8) is 0 Å². The van der Waals surface area contributed by atoms with Gasteiger partial charge in [-0.05, 0) is 18.2 Å². The standard InChI is InChI=1S/C10H5Cl2N3/c11-8-1-9(12)3-10(2-8)15-6-7(4-13)5-14/h1-3,6,15H. The summed E-state index contributed by atoms with van der Waals surface area (Å²) < 4.78 is 0. The monoisotopic (exact) mass is 237 g/mol. The van der Waals surface area contributed by atoms with Crippen molar-refractivity contribution in [2.45, 2.75) is 0 Å². The van der Waals surface area contributed by atoms with Gasteiger partial charge in [-0.15, -0.1) is 0 Å². The van der Waals surface area contributed by atoms with Crippen LogP contribution >= 0.6 is 23.2 Å². The molecule has 0 fully saturated rings. The molecule has 74 valence electrons. The van der Waals surface area contributed by atoms with E-state index >= 15 is 0 Å². The van der Waals surface area contributed by atoms with E-state index in [2.05, 4.69) is 5.32 Å². The number of nitrogens with one attached hydrogen (secondary N) is 1. The summed E-state index contributed by atoms with van der Waals surface area (Å²) in [5.74, 6) is 0. The van der Waals surface area contributed by atoms with E-state index < -0.39 is 0 Å². The van der Waals surface area contributed by atoms with E-state index in [-0.39, 0.29) is 5.57 Å². The van der Waals surface area contributed by atoms with E-state index in [0.29, 0.717) is 15.7 Å². The zero-order valence-electron chi connectivity index (χ0n) is 7.46. The number of hydrogen-bond acceptors (Lipinski definition) is 3. The van der Waals surface area contributed by atoms with Crippen LogP contribution in [0.1, 0.15) is 0 Å². The average molecular weight is 238 g/mol. The maximum absolute atomic E-state index is 8.48. The average Bonchev–Trinajstić information content (AvgIpc) is 2.18. The maximum Gasteiger partial charge on any atom is 0.145 e. The van der Waals surface area contributed by atoms with Gasteiger partial charge in [0.25, 0.3) is 0 Å². The molecule has 3 nitrogen and oxygen atoms in total. The number of benzene rings is 1. The molecular weight excluding hydrogens is 233 g/mol. The van der Waals surface area contributed by atoms with Gasteiger partial charge in [0.2, 0.25) is 0 Å². The van der Waals surface area contributed by atoms with Crippen LogP contribution in [0.25, 0.3) is 0 Å². The highest BCUT2D eigenvalue weighted by atomic mass is 35.5. The molecular formula is C10H5Cl2N3. The fourth-order valence-corrected chi connectivity index (χ4v) is 1.41. The number of nitriles is 2. The second-order valence-corrected chi connectivity index (χ2v) is 3.46.